The van der Waals surface area contributed by atoms with Gasteiger partial charge in [-0.1, -0.05) is 20.8 Å². The Hall–Kier alpha value is -2.31. The minimum absolute atomic E-state index is 0.0483. The van der Waals surface area contributed by atoms with Gasteiger partial charge < -0.3 is 14.2 Å². The van der Waals surface area contributed by atoms with Gasteiger partial charge in [-0.25, -0.2) is 0 Å². The Morgan fingerprint density at radius 2 is 1.95 bits per heavy atom. The molecule has 1 aliphatic rings. The standard InChI is InChI=1S/C14H17NO6/c1-8(2)14(16)19-6-9(3)10-4-12-13(21-7-20-12)5-11(10)15(17)18/h4-5,8-9H,6-7H2,1-3H3. The number of benzene rings is 1. The van der Waals surface area contributed by atoms with Crippen molar-refractivity contribution in [2.75, 3.05) is 13.4 Å². The number of ether oxygens (including phenoxy) is 3. The summed E-state index contributed by atoms with van der Waals surface area (Å²) in [5.74, 6) is -0.0498. The molecule has 0 bridgehead atoms. The molecule has 1 aromatic rings. The zero-order valence-corrected chi connectivity index (χ0v) is 12.1. The lowest BCUT2D eigenvalue weighted by Gasteiger charge is -2.14. The van der Waals surface area contributed by atoms with Crippen LogP contribution in [0.15, 0.2) is 12.1 Å². The van der Waals surface area contributed by atoms with Crippen LogP contribution in [0.3, 0.4) is 0 Å². The third kappa shape index (κ3) is 3.24. The summed E-state index contributed by atoms with van der Waals surface area (Å²) in [6, 6.07) is 2.92. The molecule has 0 N–H and O–H groups in total. The molecule has 0 radical (unpaired) electrons. The van der Waals surface area contributed by atoms with E-state index in [-0.39, 0.29) is 36.9 Å². The Morgan fingerprint density at radius 3 is 2.52 bits per heavy atom. The Bertz CT molecular complexity index is 569. The third-order valence-electron chi connectivity index (χ3n) is 3.20. The summed E-state index contributed by atoms with van der Waals surface area (Å²) in [4.78, 5) is 22.2. The minimum Gasteiger partial charge on any atom is -0.465 e. The lowest BCUT2D eigenvalue weighted by atomic mass is 9.99. The number of hydrogen-bond donors (Lipinski definition) is 0. The highest BCUT2D eigenvalue weighted by Gasteiger charge is 2.27. The number of nitrogens with zero attached hydrogens (tertiary/aromatic N) is 1. The largest absolute Gasteiger partial charge is 0.465 e. The van der Waals surface area contributed by atoms with Crippen LogP contribution >= 0.6 is 0 Å². The number of rotatable bonds is 5. The topological polar surface area (TPSA) is 87.9 Å². The molecule has 0 saturated carbocycles. The average Bonchev–Trinajstić information content (AvgIpc) is 2.89. The van der Waals surface area contributed by atoms with Crippen LogP contribution in [0.25, 0.3) is 0 Å². The van der Waals surface area contributed by atoms with Gasteiger partial charge in [-0.3, -0.25) is 14.9 Å². The second-order valence-corrected chi connectivity index (χ2v) is 5.21. The Labute approximate surface area is 122 Å². The van der Waals surface area contributed by atoms with Crippen molar-refractivity contribution in [2.45, 2.75) is 26.7 Å². The molecular weight excluding hydrogens is 278 g/mol. The van der Waals surface area contributed by atoms with Crippen molar-refractivity contribution in [3.63, 3.8) is 0 Å². The van der Waals surface area contributed by atoms with Crippen molar-refractivity contribution in [3.05, 3.63) is 27.8 Å². The van der Waals surface area contributed by atoms with Crippen LogP contribution in [0, 0.1) is 16.0 Å². The van der Waals surface area contributed by atoms with Crippen molar-refractivity contribution < 1.29 is 23.9 Å². The van der Waals surface area contributed by atoms with Crippen molar-refractivity contribution >= 4 is 11.7 Å². The fraction of sp³-hybridized carbons (Fsp3) is 0.500. The first-order valence-corrected chi connectivity index (χ1v) is 6.64. The maximum absolute atomic E-state index is 11.5. The molecule has 0 aromatic heterocycles. The number of hydrogen-bond acceptors (Lipinski definition) is 6. The lowest BCUT2D eigenvalue weighted by Crippen LogP contribution is -2.16. The van der Waals surface area contributed by atoms with Crippen LogP contribution in [0.2, 0.25) is 0 Å². The molecule has 7 nitrogen and oxygen atoms in total. The van der Waals surface area contributed by atoms with Gasteiger partial charge in [-0.15, -0.1) is 0 Å². The van der Waals surface area contributed by atoms with Gasteiger partial charge in [0, 0.05) is 11.5 Å². The lowest BCUT2D eigenvalue weighted by molar-refractivity contribution is -0.385. The summed E-state index contributed by atoms with van der Waals surface area (Å²) in [7, 11) is 0. The molecule has 0 spiro atoms. The average molecular weight is 295 g/mol. The van der Waals surface area contributed by atoms with Gasteiger partial charge >= 0.3 is 5.97 Å². The summed E-state index contributed by atoms with van der Waals surface area (Å²) < 4.78 is 15.5. The molecule has 21 heavy (non-hydrogen) atoms. The van der Waals surface area contributed by atoms with Gasteiger partial charge in [0.05, 0.1) is 23.5 Å². The summed E-state index contributed by atoms with van der Waals surface area (Å²) in [6.07, 6.45) is 0. The van der Waals surface area contributed by atoms with E-state index in [1.54, 1.807) is 26.8 Å². The molecule has 7 heteroatoms. The van der Waals surface area contributed by atoms with Crippen molar-refractivity contribution in [3.8, 4) is 11.5 Å². The van der Waals surface area contributed by atoms with Gasteiger partial charge in [-0.2, -0.15) is 0 Å². The van der Waals surface area contributed by atoms with Crippen LogP contribution in [-0.2, 0) is 9.53 Å². The molecule has 1 heterocycles. The molecule has 1 aliphatic heterocycles. The van der Waals surface area contributed by atoms with E-state index >= 15 is 0 Å². The zero-order chi connectivity index (χ0) is 15.6. The predicted molar refractivity (Wildman–Crippen MR) is 73.4 cm³/mol. The van der Waals surface area contributed by atoms with Crippen LogP contribution < -0.4 is 9.47 Å². The van der Waals surface area contributed by atoms with Crippen LogP contribution in [0.1, 0.15) is 32.3 Å². The van der Waals surface area contributed by atoms with Gasteiger partial charge in [0.1, 0.15) is 0 Å². The van der Waals surface area contributed by atoms with Gasteiger partial charge in [0.25, 0.3) is 5.69 Å². The molecule has 0 fully saturated rings. The molecule has 0 amide bonds. The molecule has 0 aliphatic carbocycles. The van der Waals surface area contributed by atoms with E-state index in [0.29, 0.717) is 17.1 Å². The molecule has 2 rings (SSSR count). The Kier molecular flexibility index (Phi) is 4.30. The van der Waals surface area contributed by atoms with E-state index in [0.717, 1.165) is 0 Å². The first-order valence-electron chi connectivity index (χ1n) is 6.64. The Morgan fingerprint density at radius 1 is 1.33 bits per heavy atom. The maximum Gasteiger partial charge on any atom is 0.308 e. The summed E-state index contributed by atoms with van der Waals surface area (Å²) in [5.41, 5.74) is 0.396. The molecule has 1 unspecified atom stereocenters. The number of carbonyl (C=O) groups is 1. The second kappa shape index (κ2) is 5.99. The van der Waals surface area contributed by atoms with Crippen LogP contribution in [-0.4, -0.2) is 24.3 Å². The van der Waals surface area contributed by atoms with Crippen LogP contribution in [0.4, 0.5) is 5.69 Å². The van der Waals surface area contributed by atoms with E-state index < -0.39 is 4.92 Å². The molecule has 114 valence electrons. The second-order valence-electron chi connectivity index (χ2n) is 5.21. The first-order chi connectivity index (χ1) is 9.90. The van der Waals surface area contributed by atoms with Crippen molar-refractivity contribution in [1.29, 1.82) is 0 Å². The number of nitro benzene ring substituents is 1. The van der Waals surface area contributed by atoms with E-state index in [1.807, 2.05) is 0 Å². The summed E-state index contributed by atoms with van der Waals surface area (Å²) in [6.45, 7) is 5.36. The molecule has 1 atom stereocenters. The first kappa shape index (κ1) is 15.1. The SMILES string of the molecule is CC(C)C(=O)OCC(C)c1cc2c(cc1[N+](=O)[O-])OCO2. The predicted octanol–water partition coefficient (Wildman–Crippen LogP) is 2.63. The fourth-order valence-corrected chi connectivity index (χ4v) is 1.96. The highest BCUT2D eigenvalue weighted by atomic mass is 16.7. The van der Waals surface area contributed by atoms with Gasteiger partial charge in [0.15, 0.2) is 11.5 Å². The van der Waals surface area contributed by atoms with Crippen molar-refractivity contribution in [1.82, 2.24) is 0 Å². The van der Waals surface area contributed by atoms with Crippen LogP contribution in [0.5, 0.6) is 11.5 Å². The summed E-state index contributed by atoms with van der Waals surface area (Å²) in [5, 5.41) is 11.2. The number of carbonyl (C=O) groups excluding carboxylic acids is 1. The third-order valence-corrected chi connectivity index (χ3v) is 3.20. The maximum atomic E-state index is 11.5. The molecule has 0 saturated heterocycles. The van der Waals surface area contributed by atoms with E-state index in [9.17, 15) is 14.9 Å². The monoisotopic (exact) mass is 295 g/mol. The molecule has 1 aromatic carbocycles. The van der Waals surface area contributed by atoms with Gasteiger partial charge in [-0.05, 0) is 6.07 Å². The number of fused-ring (bicyclic) bond motifs is 1. The normalized spacial score (nSPS) is 14.1. The number of esters is 1. The molecular formula is C14H17NO6. The minimum atomic E-state index is -0.474. The quantitative estimate of drug-likeness (QED) is 0.471. The smallest absolute Gasteiger partial charge is 0.308 e. The highest BCUT2D eigenvalue weighted by Crippen LogP contribution is 2.40. The highest BCUT2D eigenvalue weighted by molar-refractivity contribution is 5.71. The Balaban J connectivity index is 2.21. The fourth-order valence-electron chi connectivity index (χ4n) is 1.96. The van der Waals surface area contributed by atoms with E-state index in [1.165, 1.54) is 6.07 Å². The zero-order valence-electron chi connectivity index (χ0n) is 12.1. The van der Waals surface area contributed by atoms with Crippen molar-refractivity contribution in [2.24, 2.45) is 5.92 Å². The van der Waals surface area contributed by atoms with E-state index in [2.05, 4.69) is 0 Å². The van der Waals surface area contributed by atoms with E-state index in [4.69, 9.17) is 14.2 Å². The van der Waals surface area contributed by atoms with Gasteiger partial charge in [0.2, 0.25) is 6.79 Å². The number of nitro groups is 1. The summed E-state index contributed by atoms with van der Waals surface area (Å²) >= 11 is 0.